The lowest BCUT2D eigenvalue weighted by atomic mass is 10.1. The average Bonchev–Trinajstić information content (AvgIpc) is 2.72. The molecule has 0 radical (unpaired) electrons. The maximum absolute atomic E-state index is 11.2. The summed E-state index contributed by atoms with van der Waals surface area (Å²) in [4.78, 5) is 11.2. The van der Waals surface area contributed by atoms with E-state index in [1.165, 1.54) is 6.92 Å². The van der Waals surface area contributed by atoms with Crippen LogP contribution in [0.15, 0.2) is 78.9 Å². The van der Waals surface area contributed by atoms with Gasteiger partial charge in [0.25, 0.3) is 0 Å². The standard InChI is InChI=1S/C25H26O4/c1-19(29-20(2)26)15-23-13-14-24(27-17-21-9-5-3-6-10-21)25(16-23)28-18-22-11-7-4-8-12-22/h3-14,16,19H,15,17-18H2,1-2H3/t19-/m0/s1. The van der Waals surface area contributed by atoms with E-state index in [0.29, 0.717) is 31.1 Å². The van der Waals surface area contributed by atoms with E-state index in [1.54, 1.807) is 0 Å². The van der Waals surface area contributed by atoms with Gasteiger partial charge in [-0.2, -0.15) is 0 Å². The van der Waals surface area contributed by atoms with E-state index in [0.717, 1.165) is 16.7 Å². The summed E-state index contributed by atoms with van der Waals surface area (Å²) in [5, 5.41) is 0. The fourth-order valence-corrected chi connectivity index (χ4v) is 3.04. The van der Waals surface area contributed by atoms with Gasteiger partial charge in [0.2, 0.25) is 0 Å². The van der Waals surface area contributed by atoms with Gasteiger partial charge in [-0.3, -0.25) is 4.79 Å². The molecule has 0 saturated carbocycles. The van der Waals surface area contributed by atoms with Crippen molar-refractivity contribution in [2.24, 2.45) is 0 Å². The zero-order valence-electron chi connectivity index (χ0n) is 16.8. The number of carbonyl (C=O) groups excluding carboxylic acids is 1. The minimum atomic E-state index is -0.277. The van der Waals surface area contributed by atoms with Crippen LogP contribution >= 0.6 is 0 Å². The number of ether oxygens (including phenoxy) is 3. The second-order valence-electron chi connectivity index (χ2n) is 6.95. The van der Waals surface area contributed by atoms with E-state index >= 15 is 0 Å². The van der Waals surface area contributed by atoms with E-state index in [-0.39, 0.29) is 12.1 Å². The lowest BCUT2D eigenvalue weighted by Gasteiger charge is -2.16. The molecule has 0 N–H and O–H groups in total. The highest BCUT2D eigenvalue weighted by Crippen LogP contribution is 2.30. The molecule has 29 heavy (non-hydrogen) atoms. The molecule has 0 saturated heterocycles. The molecular weight excluding hydrogens is 364 g/mol. The van der Waals surface area contributed by atoms with Gasteiger partial charge >= 0.3 is 5.97 Å². The summed E-state index contributed by atoms with van der Waals surface area (Å²) in [6.45, 7) is 4.22. The summed E-state index contributed by atoms with van der Waals surface area (Å²) in [5.41, 5.74) is 3.20. The summed E-state index contributed by atoms with van der Waals surface area (Å²) in [5.74, 6) is 1.09. The Bertz CT molecular complexity index is 907. The number of hydrogen-bond acceptors (Lipinski definition) is 4. The van der Waals surface area contributed by atoms with Gasteiger partial charge in [0.1, 0.15) is 19.3 Å². The molecule has 0 fully saturated rings. The zero-order chi connectivity index (χ0) is 20.5. The molecule has 0 aromatic heterocycles. The predicted octanol–water partition coefficient (Wildman–Crippen LogP) is 5.34. The highest BCUT2D eigenvalue weighted by Gasteiger charge is 2.12. The summed E-state index contributed by atoms with van der Waals surface area (Å²) in [6, 6.07) is 25.9. The first-order valence-electron chi connectivity index (χ1n) is 9.74. The number of hydrogen-bond donors (Lipinski definition) is 0. The Morgan fingerprint density at radius 3 is 1.86 bits per heavy atom. The Labute approximate surface area is 172 Å². The molecule has 1 atom stereocenters. The first-order valence-corrected chi connectivity index (χ1v) is 9.74. The average molecular weight is 390 g/mol. The van der Waals surface area contributed by atoms with Crippen molar-refractivity contribution in [3.63, 3.8) is 0 Å². The Hall–Kier alpha value is -3.27. The van der Waals surface area contributed by atoms with Crippen LogP contribution in [-0.2, 0) is 29.2 Å². The Morgan fingerprint density at radius 1 is 0.759 bits per heavy atom. The van der Waals surface area contributed by atoms with Crippen LogP contribution < -0.4 is 9.47 Å². The molecule has 4 heteroatoms. The van der Waals surface area contributed by atoms with E-state index in [4.69, 9.17) is 14.2 Å². The van der Waals surface area contributed by atoms with Gasteiger partial charge in [0.15, 0.2) is 11.5 Å². The molecule has 0 unspecified atom stereocenters. The summed E-state index contributed by atoms with van der Waals surface area (Å²) < 4.78 is 17.4. The van der Waals surface area contributed by atoms with Crippen LogP contribution in [-0.4, -0.2) is 12.1 Å². The van der Waals surface area contributed by atoms with Crippen molar-refractivity contribution in [2.45, 2.75) is 39.6 Å². The lowest BCUT2D eigenvalue weighted by molar-refractivity contribution is -0.145. The normalized spacial score (nSPS) is 11.5. The van der Waals surface area contributed by atoms with Crippen molar-refractivity contribution in [2.75, 3.05) is 0 Å². The second-order valence-corrected chi connectivity index (χ2v) is 6.95. The van der Waals surface area contributed by atoms with Gasteiger partial charge in [-0.05, 0) is 35.7 Å². The molecule has 0 heterocycles. The van der Waals surface area contributed by atoms with E-state index in [2.05, 4.69) is 0 Å². The van der Waals surface area contributed by atoms with Crippen LogP contribution in [0.5, 0.6) is 11.5 Å². The highest BCUT2D eigenvalue weighted by molar-refractivity contribution is 5.66. The molecule has 4 nitrogen and oxygen atoms in total. The van der Waals surface area contributed by atoms with Gasteiger partial charge in [-0.1, -0.05) is 66.7 Å². The number of carbonyl (C=O) groups is 1. The zero-order valence-corrected chi connectivity index (χ0v) is 16.8. The topological polar surface area (TPSA) is 44.8 Å². The minimum Gasteiger partial charge on any atom is -0.485 e. The molecule has 0 bridgehead atoms. The van der Waals surface area contributed by atoms with Crippen LogP contribution in [0.3, 0.4) is 0 Å². The monoisotopic (exact) mass is 390 g/mol. The Morgan fingerprint density at radius 2 is 1.31 bits per heavy atom. The molecule has 0 amide bonds. The fraction of sp³-hybridized carbons (Fsp3) is 0.240. The number of rotatable bonds is 9. The van der Waals surface area contributed by atoms with Crippen molar-refractivity contribution in [1.82, 2.24) is 0 Å². The maximum atomic E-state index is 11.2. The third-order valence-corrected chi connectivity index (χ3v) is 4.37. The van der Waals surface area contributed by atoms with Crippen molar-refractivity contribution in [3.8, 4) is 11.5 Å². The van der Waals surface area contributed by atoms with Crippen molar-refractivity contribution in [1.29, 1.82) is 0 Å². The van der Waals surface area contributed by atoms with Crippen LogP contribution in [0, 0.1) is 0 Å². The molecular formula is C25H26O4. The van der Waals surface area contributed by atoms with Crippen LogP contribution in [0.25, 0.3) is 0 Å². The van der Waals surface area contributed by atoms with Gasteiger partial charge in [0.05, 0.1) is 0 Å². The molecule has 3 rings (SSSR count). The SMILES string of the molecule is CC(=O)O[C@@H](C)Cc1ccc(OCc2ccccc2)c(OCc2ccccc2)c1. The molecule has 150 valence electrons. The molecule has 0 aliphatic carbocycles. The van der Waals surface area contributed by atoms with Gasteiger partial charge in [0, 0.05) is 13.3 Å². The molecule has 0 spiro atoms. The van der Waals surface area contributed by atoms with Crippen molar-refractivity contribution >= 4 is 5.97 Å². The van der Waals surface area contributed by atoms with Gasteiger partial charge in [-0.25, -0.2) is 0 Å². The third kappa shape index (κ3) is 6.68. The van der Waals surface area contributed by atoms with E-state index in [1.807, 2.05) is 85.8 Å². The van der Waals surface area contributed by atoms with E-state index in [9.17, 15) is 4.79 Å². The molecule has 3 aromatic carbocycles. The number of benzene rings is 3. The van der Waals surface area contributed by atoms with Crippen LogP contribution in [0.2, 0.25) is 0 Å². The highest BCUT2D eigenvalue weighted by atomic mass is 16.5. The first kappa shape index (κ1) is 20.5. The third-order valence-electron chi connectivity index (χ3n) is 4.37. The molecule has 3 aromatic rings. The Kier molecular flexibility index (Phi) is 7.28. The maximum Gasteiger partial charge on any atom is 0.302 e. The van der Waals surface area contributed by atoms with Crippen LogP contribution in [0.1, 0.15) is 30.5 Å². The largest absolute Gasteiger partial charge is 0.485 e. The first-order chi connectivity index (χ1) is 14.1. The van der Waals surface area contributed by atoms with Gasteiger partial charge < -0.3 is 14.2 Å². The van der Waals surface area contributed by atoms with Crippen LogP contribution in [0.4, 0.5) is 0 Å². The summed E-state index contributed by atoms with van der Waals surface area (Å²) >= 11 is 0. The fourth-order valence-electron chi connectivity index (χ4n) is 3.04. The van der Waals surface area contributed by atoms with Crippen molar-refractivity contribution < 1.29 is 19.0 Å². The summed E-state index contributed by atoms with van der Waals surface area (Å²) in [6.07, 6.45) is 0.408. The quantitative estimate of drug-likeness (QED) is 0.463. The van der Waals surface area contributed by atoms with E-state index < -0.39 is 0 Å². The minimum absolute atomic E-state index is 0.203. The molecule has 0 aliphatic rings. The predicted molar refractivity (Wildman–Crippen MR) is 113 cm³/mol. The van der Waals surface area contributed by atoms with Crippen molar-refractivity contribution in [3.05, 3.63) is 95.6 Å². The number of esters is 1. The second kappa shape index (κ2) is 10.3. The van der Waals surface area contributed by atoms with Gasteiger partial charge in [-0.15, -0.1) is 0 Å². The lowest BCUT2D eigenvalue weighted by Crippen LogP contribution is -2.15. The molecule has 0 aliphatic heterocycles. The smallest absolute Gasteiger partial charge is 0.302 e. The Balaban J connectivity index is 1.74. The summed E-state index contributed by atoms with van der Waals surface area (Å²) in [7, 11) is 0.